The number of benzene rings is 2. The summed E-state index contributed by atoms with van der Waals surface area (Å²) in [5.74, 6) is -0.448. The number of hydrogen-bond acceptors (Lipinski definition) is 5. The number of furan rings is 1. The second-order valence-corrected chi connectivity index (χ2v) is 7.27. The zero-order valence-electron chi connectivity index (χ0n) is 16.1. The van der Waals surface area contributed by atoms with Crippen molar-refractivity contribution in [3.8, 4) is 0 Å². The van der Waals surface area contributed by atoms with Crippen molar-refractivity contribution in [1.82, 2.24) is 14.5 Å². The molecule has 2 aromatic carbocycles. The highest BCUT2D eigenvalue weighted by atomic mass is 19.1. The zero-order valence-corrected chi connectivity index (χ0v) is 16.1. The van der Waals surface area contributed by atoms with Crippen LogP contribution in [0.1, 0.15) is 0 Å². The van der Waals surface area contributed by atoms with Crippen LogP contribution in [0.4, 0.5) is 10.1 Å². The van der Waals surface area contributed by atoms with E-state index in [4.69, 9.17) is 4.42 Å². The maximum atomic E-state index is 14.0. The number of rotatable bonds is 3. The topological polar surface area (TPSA) is 71.6 Å². The smallest absolute Gasteiger partial charge is 0.297 e. The maximum absolute atomic E-state index is 14.0. The Morgan fingerprint density at radius 3 is 2.57 bits per heavy atom. The second-order valence-electron chi connectivity index (χ2n) is 7.27. The van der Waals surface area contributed by atoms with Crippen molar-refractivity contribution < 1.29 is 13.6 Å². The monoisotopic (exact) mass is 406 g/mol. The summed E-state index contributed by atoms with van der Waals surface area (Å²) in [7, 11) is 0. The van der Waals surface area contributed by atoms with Gasteiger partial charge in [-0.2, -0.15) is 0 Å². The molecule has 0 N–H and O–H groups in total. The highest BCUT2D eigenvalue weighted by Gasteiger charge is 2.23. The molecule has 0 aliphatic carbocycles. The summed E-state index contributed by atoms with van der Waals surface area (Å²) < 4.78 is 20.9. The van der Waals surface area contributed by atoms with Crippen LogP contribution < -0.4 is 10.5 Å². The Bertz CT molecular complexity index is 1300. The van der Waals surface area contributed by atoms with E-state index in [1.165, 1.54) is 17.0 Å². The largest absolute Gasteiger partial charge is 0.448 e. The van der Waals surface area contributed by atoms with Gasteiger partial charge in [-0.1, -0.05) is 24.3 Å². The molecule has 8 heteroatoms. The first-order valence-electron chi connectivity index (χ1n) is 9.76. The average Bonchev–Trinajstić information content (AvgIpc) is 3.16. The van der Waals surface area contributed by atoms with Crippen molar-refractivity contribution >= 4 is 33.7 Å². The van der Waals surface area contributed by atoms with Gasteiger partial charge in [0.05, 0.1) is 12.0 Å². The van der Waals surface area contributed by atoms with Crippen molar-refractivity contribution in [1.29, 1.82) is 0 Å². The first-order chi connectivity index (χ1) is 14.6. The van der Waals surface area contributed by atoms with Crippen molar-refractivity contribution in [2.45, 2.75) is 6.54 Å². The molecule has 0 atom stereocenters. The number of halogens is 1. The third kappa shape index (κ3) is 3.10. The molecular formula is C22H19FN4O3. The number of hydrogen-bond donors (Lipinski definition) is 0. The van der Waals surface area contributed by atoms with Gasteiger partial charge in [-0.15, -0.1) is 0 Å². The lowest BCUT2D eigenvalue weighted by Gasteiger charge is -2.36. The lowest BCUT2D eigenvalue weighted by atomic mass is 10.2. The molecule has 1 saturated heterocycles. The molecule has 1 amide bonds. The first kappa shape index (κ1) is 18.4. The van der Waals surface area contributed by atoms with Crippen LogP contribution in [0.2, 0.25) is 0 Å². The first-order valence-corrected chi connectivity index (χ1v) is 9.76. The summed E-state index contributed by atoms with van der Waals surface area (Å²) in [6, 6.07) is 13.9. The minimum absolute atomic E-state index is 0.113. The van der Waals surface area contributed by atoms with Crippen LogP contribution in [0.3, 0.4) is 0 Å². The van der Waals surface area contributed by atoms with E-state index in [0.29, 0.717) is 43.0 Å². The molecule has 2 aromatic heterocycles. The van der Waals surface area contributed by atoms with Gasteiger partial charge >= 0.3 is 0 Å². The predicted molar refractivity (Wildman–Crippen MR) is 111 cm³/mol. The standard InChI is InChI=1S/C22H19FN4O3/c23-16-6-2-3-7-17(16)25-9-11-26(12-10-25)19(28)13-27-14-24-20-15-5-1-4-8-18(15)30-21(20)22(27)29/h1-8,14H,9-13H2. The van der Waals surface area contributed by atoms with Crippen molar-refractivity contribution in [2.75, 3.05) is 31.1 Å². The number of para-hydroxylation sites is 2. The fourth-order valence-corrected chi connectivity index (χ4v) is 3.88. The SMILES string of the molecule is O=C(Cn1cnc2c(oc3ccccc32)c1=O)N1CCN(c2ccccc2F)CC1. The Hall–Kier alpha value is -3.68. The summed E-state index contributed by atoms with van der Waals surface area (Å²) in [6.07, 6.45) is 1.39. The van der Waals surface area contributed by atoms with Gasteiger partial charge < -0.3 is 14.2 Å². The molecule has 7 nitrogen and oxygen atoms in total. The van der Waals surface area contributed by atoms with Gasteiger partial charge in [0.15, 0.2) is 0 Å². The highest BCUT2D eigenvalue weighted by molar-refractivity contribution is 6.01. The van der Waals surface area contributed by atoms with Crippen LogP contribution in [-0.2, 0) is 11.3 Å². The molecule has 5 rings (SSSR count). The number of nitrogens with zero attached hydrogens (tertiary/aromatic N) is 4. The van der Waals surface area contributed by atoms with Gasteiger partial charge in [0, 0.05) is 31.6 Å². The number of anilines is 1. The normalized spacial score (nSPS) is 14.6. The van der Waals surface area contributed by atoms with E-state index >= 15 is 0 Å². The fraction of sp³-hybridized carbons (Fsp3) is 0.227. The van der Waals surface area contributed by atoms with E-state index < -0.39 is 0 Å². The van der Waals surface area contributed by atoms with Crippen LogP contribution >= 0.6 is 0 Å². The molecule has 0 unspecified atom stereocenters. The Labute approximate surface area is 170 Å². The van der Waals surface area contributed by atoms with Gasteiger partial charge in [-0.05, 0) is 24.3 Å². The van der Waals surface area contributed by atoms with E-state index in [2.05, 4.69) is 4.98 Å². The van der Waals surface area contributed by atoms with E-state index in [-0.39, 0.29) is 29.4 Å². The summed E-state index contributed by atoms with van der Waals surface area (Å²) in [5.41, 5.74) is 1.40. The van der Waals surface area contributed by atoms with E-state index in [0.717, 1.165) is 5.39 Å². The third-order valence-corrected chi connectivity index (χ3v) is 5.48. The zero-order chi connectivity index (χ0) is 20.7. The number of carbonyl (C=O) groups excluding carboxylic acids is 1. The van der Waals surface area contributed by atoms with Gasteiger partial charge in [-0.3, -0.25) is 14.2 Å². The number of amides is 1. The maximum Gasteiger partial charge on any atom is 0.297 e. The predicted octanol–water partition coefficient (Wildman–Crippen LogP) is 2.63. The Kier molecular flexibility index (Phi) is 4.46. The number of carbonyl (C=O) groups is 1. The van der Waals surface area contributed by atoms with Crippen molar-refractivity contribution in [2.24, 2.45) is 0 Å². The van der Waals surface area contributed by atoms with Crippen LogP contribution in [0.5, 0.6) is 0 Å². The Morgan fingerprint density at radius 2 is 1.77 bits per heavy atom. The van der Waals surface area contributed by atoms with E-state index in [1.54, 1.807) is 29.2 Å². The number of aromatic nitrogens is 2. The molecule has 1 fully saturated rings. The second kappa shape index (κ2) is 7.29. The van der Waals surface area contributed by atoms with Crippen LogP contribution in [-0.4, -0.2) is 46.5 Å². The summed E-state index contributed by atoms with van der Waals surface area (Å²) in [5, 5.41) is 0.771. The highest BCUT2D eigenvalue weighted by Crippen LogP contribution is 2.24. The quantitative estimate of drug-likeness (QED) is 0.523. The summed E-state index contributed by atoms with van der Waals surface area (Å²) in [4.78, 5) is 33.5. The summed E-state index contributed by atoms with van der Waals surface area (Å²) >= 11 is 0. The van der Waals surface area contributed by atoms with Gasteiger partial charge in [0.2, 0.25) is 11.5 Å². The third-order valence-electron chi connectivity index (χ3n) is 5.48. The molecule has 30 heavy (non-hydrogen) atoms. The molecular weight excluding hydrogens is 387 g/mol. The fourth-order valence-electron chi connectivity index (χ4n) is 3.88. The minimum atomic E-state index is -0.380. The molecule has 1 aliphatic heterocycles. The molecule has 4 aromatic rings. The van der Waals surface area contributed by atoms with Crippen molar-refractivity contribution in [3.63, 3.8) is 0 Å². The molecule has 3 heterocycles. The number of piperazine rings is 1. The lowest BCUT2D eigenvalue weighted by Crippen LogP contribution is -2.50. The van der Waals surface area contributed by atoms with Crippen LogP contribution in [0.25, 0.3) is 22.1 Å². The lowest BCUT2D eigenvalue weighted by molar-refractivity contribution is -0.132. The minimum Gasteiger partial charge on any atom is -0.448 e. The van der Waals surface area contributed by atoms with Gasteiger partial charge in [-0.25, -0.2) is 9.37 Å². The Morgan fingerprint density at radius 1 is 1.03 bits per heavy atom. The van der Waals surface area contributed by atoms with Crippen LogP contribution in [0, 0.1) is 5.82 Å². The van der Waals surface area contributed by atoms with Crippen LogP contribution in [0.15, 0.2) is 64.1 Å². The molecule has 0 radical (unpaired) electrons. The molecule has 0 bridgehead atoms. The average molecular weight is 406 g/mol. The molecule has 0 spiro atoms. The molecule has 1 aliphatic rings. The van der Waals surface area contributed by atoms with Crippen molar-refractivity contribution in [3.05, 3.63) is 71.0 Å². The van der Waals surface area contributed by atoms with E-state index in [1.807, 2.05) is 23.1 Å². The molecule has 0 saturated carbocycles. The van der Waals surface area contributed by atoms with E-state index in [9.17, 15) is 14.0 Å². The Balaban J connectivity index is 1.32. The van der Waals surface area contributed by atoms with Gasteiger partial charge in [0.25, 0.3) is 5.56 Å². The van der Waals surface area contributed by atoms with Gasteiger partial charge in [0.1, 0.15) is 23.5 Å². The molecule has 152 valence electrons. The summed E-state index contributed by atoms with van der Waals surface area (Å²) in [6.45, 7) is 1.87. The number of fused-ring (bicyclic) bond motifs is 3.